The number of hydrogen-bond acceptors (Lipinski definition) is 4. The highest BCUT2D eigenvalue weighted by molar-refractivity contribution is 7.13. The van der Waals surface area contributed by atoms with Crippen molar-refractivity contribution in [3.63, 3.8) is 0 Å². The van der Waals surface area contributed by atoms with Crippen molar-refractivity contribution in [3.05, 3.63) is 54.3 Å². The molecule has 3 rings (SSSR count). The minimum Gasteiger partial charge on any atom is -0.245 e. The monoisotopic (exact) mass is 239 g/mol. The van der Waals surface area contributed by atoms with Crippen LogP contribution >= 0.6 is 11.3 Å². The second-order valence-corrected chi connectivity index (χ2v) is 4.38. The highest BCUT2D eigenvalue weighted by atomic mass is 32.1. The Balaban J connectivity index is 1.96. The van der Waals surface area contributed by atoms with E-state index < -0.39 is 0 Å². The van der Waals surface area contributed by atoms with E-state index in [0.717, 1.165) is 22.0 Å². The lowest BCUT2D eigenvalue weighted by Crippen LogP contribution is -1.86. The van der Waals surface area contributed by atoms with Gasteiger partial charge in [0.1, 0.15) is 5.01 Å². The van der Waals surface area contributed by atoms with E-state index in [4.69, 9.17) is 0 Å². The van der Waals surface area contributed by atoms with Gasteiger partial charge in [-0.3, -0.25) is 0 Å². The van der Waals surface area contributed by atoms with E-state index >= 15 is 0 Å². The molecule has 0 spiro atoms. The molecule has 0 aliphatic heterocycles. The Morgan fingerprint density at radius 1 is 0.765 bits per heavy atom. The van der Waals surface area contributed by atoms with Crippen molar-refractivity contribution >= 4 is 11.3 Å². The van der Waals surface area contributed by atoms with Gasteiger partial charge >= 0.3 is 0 Å². The summed E-state index contributed by atoms with van der Waals surface area (Å²) in [4.78, 5) is 12.7. The molecule has 0 aliphatic rings. The van der Waals surface area contributed by atoms with Crippen LogP contribution in [0.1, 0.15) is 0 Å². The highest BCUT2D eigenvalue weighted by Crippen LogP contribution is 2.24. The number of rotatable bonds is 2. The molecule has 2 heterocycles. The predicted molar refractivity (Wildman–Crippen MR) is 68.6 cm³/mol. The van der Waals surface area contributed by atoms with Gasteiger partial charge in [0.2, 0.25) is 0 Å². The molecular formula is C13H9N3S. The molecular weight excluding hydrogens is 230 g/mol. The van der Waals surface area contributed by atoms with E-state index in [2.05, 4.69) is 15.0 Å². The van der Waals surface area contributed by atoms with Gasteiger partial charge in [-0.15, -0.1) is 11.3 Å². The molecule has 0 bridgehead atoms. The Labute approximate surface area is 103 Å². The zero-order valence-electron chi connectivity index (χ0n) is 8.95. The minimum absolute atomic E-state index is 0.748. The molecule has 82 valence electrons. The lowest BCUT2D eigenvalue weighted by molar-refractivity contribution is 1.18. The van der Waals surface area contributed by atoms with Gasteiger partial charge in [-0.2, -0.15) is 0 Å². The molecule has 0 saturated carbocycles. The molecule has 0 radical (unpaired) electrons. The van der Waals surface area contributed by atoms with Gasteiger partial charge in [-0.05, 0) is 6.07 Å². The van der Waals surface area contributed by atoms with E-state index in [-0.39, 0.29) is 0 Å². The van der Waals surface area contributed by atoms with Crippen LogP contribution in [0.5, 0.6) is 0 Å². The summed E-state index contributed by atoms with van der Waals surface area (Å²) in [6, 6.07) is 9.95. The van der Waals surface area contributed by atoms with Gasteiger partial charge in [0.05, 0.1) is 0 Å². The first-order valence-electron chi connectivity index (χ1n) is 5.21. The molecule has 0 unspecified atom stereocenters. The number of aromatic nitrogens is 3. The van der Waals surface area contributed by atoms with E-state index in [9.17, 15) is 0 Å². The quantitative estimate of drug-likeness (QED) is 0.689. The lowest BCUT2D eigenvalue weighted by Gasteiger charge is -2.00. The Bertz CT molecular complexity index is 588. The summed E-state index contributed by atoms with van der Waals surface area (Å²) in [5, 5.41) is 3.01. The number of hydrogen-bond donors (Lipinski definition) is 0. The zero-order chi connectivity index (χ0) is 11.5. The van der Waals surface area contributed by atoms with Gasteiger partial charge in [-0.25, -0.2) is 15.0 Å². The molecule has 1 aromatic carbocycles. The van der Waals surface area contributed by atoms with Crippen molar-refractivity contribution in [2.75, 3.05) is 0 Å². The summed E-state index contributed by atoms with van der Waals surface area (Å²) in [6.45, 7) is 0. The molecule has 2 aromatic heterocycles. The third kappa shape index (κ3) is 2.07. The van der Waals surface area contributed by atoms with Gasteiger partial charge in [0.15, 0.2) is 5.82 Å². The highest BCUT2D eigenvalue weighted by Gasteiger charge is 2.02. The fourth-order valence-corrected chi connectivity index (χ4v) is 2.22. The number of thiazole rings is 1. The average Bonchev–Trinajstić information content (AvgIpc) is 2.94. The third-order valence-corrected chi connectivity index (χ3v) is 3.21. The molecule has 0 saturated heterocycles. The third-order valence-electron chi connectivity index (χ3n) is 2.39. The number of nitrogens with zero attached hydrogens (tertiary/aromatic N) is 3. The predicted octanol–water partition coefficient (Wildman–Crippen LogP) is 3.27. The van der Waals surface area contributed by atoms with Crippen LogP contribution in [0.4, 0.5) is 0 Å². The molecule has 0 fully saturated rings. The Kier molecular flexibility index (Phi) is 2.63. The van der Waals surface area contributed by atoms with Crippen LogP contribution in [0.2, 0.25) is 0 Å². The summed E-state index contributed by atoms with van der Waals surface area (Å²) in [5.41, 5.74) is 2.14. The van der Waals surface area contributed by atoms with E-state index in [1.807, 2.05) is 41.9 Å². The Morgan fingerprint density at radius 2 is 1.47 bits per heavy atom. The average molecular weight is 239 g/mol. The minimum atomic E-state index is 0.748. The fraction of sp³-hybridized carbons (Fsp3) is 0. The van der Waals surface area contributed by atoms with Crippen LogP contribution in [0.15, 0.2) is 54.3 Å². The molecule has 3 nitrogen and oxygen atoms in total. The smallest absolute Gasteiger partial charge is 0.159 e. The first kappa shape index (κ1) is 10.1. The van der Waals surface area contributed by atoms with Crippen LogP contribution in [-0.2, 0) is 0 Å². The maximum absolute atomic E-state index is 4.28. The molecule has 0 aliphatic carbocycles. The van der Waals surface area contributed by atoms with Gasteiger partial charge in [0, 0.05) is 35.1 Å². The normalized spacial score (nSPS) is 10.4. The van der Waals surface area contributed by atoms with Crippen molar-refractivity contribution in [1.82, 2.24) is 15.0 Å². The summed E-state index contributed by atoms with van der Waals surface area (Å²) >= 11 is 1.64. The first-order chi connectivity index (χ1) is 8.43. The second kappa shape index (κ2) is 4.43. The van der Waals surface area contributed by atoms with Crippen molar-refractivity contribution in [3.8, 4) is 22.0 Å². The molecule has 0 amide bonds. The van der Waals surface area contributed by atoms with E-state index in [0.29, 0.717) is 0 Å². The standard InChI is InChI=1S/C13H9N3S/c1-6-14-12(15-7-1)10-2-4-11(5-3-10)13-16-8-9-17-13/h1-9H. The Morgan fingerprint density at radius 3 is 2.12 bits per heavy atom. The van der Waals surface area contributed by atoms with Crippen molar-refractivity contribution < 1.29 is 0 Å². The fourth-order valence-electron chi connectivity index (χ4n) is 1.58. The molecule has 0 atom stereocenters. The van der Waals surface area contributed by atoms with Crippen molar-refractivity contribution in [2.45, 2.75) is 0 Å². The Hall–Kier alpha value is -2.07. The zero-order valence-corrected chi connectivity index (χ0v) is 9.76. The van der Waals surface area contributed by atoms with E-state index in [1.54, 1.807) is 23.7 Å². The van der Waals surface area contributed by atoms with Crippen molar-refractivity contribution in [1.29, 1.82) is 0 Å². The maximum atomic E-state index is 4.28. The van der Waals surface area contributed by atoms with Crippen LogP contribution in [-0.4, -0.2) is 15.0 Å². The van der Waals surface area contributed by atoms with Gasteiger partial charge in [-0.1, -0.05) is 24.3 Å². The van der Waals surface area contributed by atoms with Crippen LogP contribution in [0.25, 0.3) is 22.0 Å². The SMILES string of the molecule is c1cnc(-c2ccc(-c3nccs3)cc2)nc1. The van der Waals surface area contributed by atoms with Gasteiger partial charge in [0.25, 0.3) is 0 Å². The largest absolute Gasteiger partial charge is 0.245 e. The first-order valence-corrected chi connectivity index (χ1v) is 6.09. The summed E-state index contributed by atoms with van der Waals surface area (Å²) in [6.07, 6.45) is 5.31. The molecule has 17 heavy (non-hydrogen) atoms. The van der Waals surface area contributed by atoms with Crippen LogP contribution in [0, 0.1) is 0 Å². The van der Waals surface area contributed by atoms with Gasteiger partial charge < -0.3 is 0 Å². The van der Waals surface area contributed by atoms with E-state index in [1.165, 1.54) is 0 Å². The summed E-state index contributed by atoms with van der Waals surface area (Å²) in [5.74, 6) is 0.748. The topological polar surface area (TPSA) is 38.7 Å². The molecule has 4 heteroatoms. The lowest BCUT2D eigenvalue weighted by atomic mass is 10.1. The maximum Gasteiger partial charge on any atom is 0.159 e. The summed E-state index contributed by atoms with van der Waals surface area (Å²) < 4.78 is 0. The molecule has 0 N–H and O–H groups in total. The summed E-state index contributed by atoms with van der Waals surface area (Å²) in [7, 11) is 0. The van der Waals surface area contributed by atoms with Crippen molar-refractivity contribution in [2.24, 2.45) is 0 Å². The molecule has 3 aromatic rings. The van der Waals surface area contributed by atoms with Crippen LogP contribution < -0.4 is 0 Å². The number of benzene rings is 1. The van der Waals surface area contributed by atoms with Crippen LogP contribution in [0.3, 0.4) is 0 Å². The second-order valence-electron chi connectivity index (χ2n) is 3.49.